The van der Waals surface area contributed by atoms with E-state index in [9.17, 15) is 4.79 Å². The molecule has 1 fully saturated rings. The lowest BCUT2D eigenvalue weighted by molar-refractivity contribution is 0.102. The number of benzene rings is 2. The average molecular weight is 498 g/mol. The van der Waals surface area contributed by atoms with Crippen LogP contribution in [0.2, 0.25) is 0 Å². The molecule has 186 valence electrons. The molecule has 2 aromatic carbocycles. The molecule has 1 N–H and O–H groups in total. The van der Waals surface area contributed by atoms with Crippen LogP contribution in [0.4, 0.5) is 11.4 Å². The zero-order chi connectivity index (χ0) is 24.9. The molecule has 0 unspecified atom stereocenters. The van der Waals surface area contributed by atoms with Crippen LogP contribution in [0, 0.1) is 6.92 Å². The number of carbonyl (C=O) groups excluding carboxylic acids is 1. The summed E-state index contributed by atoms with van der Waals surface area (Å²) in [6, 6.07) is 11.0. The summed E-state index contributed by atoms with van der Waals surface area (Å²) >= 11 is 0. The number of pyridine rings is 1. The highest BCUT2D eigenvalue weighted by Gasteiger charge is 2.25. The molecule has 2 aliphatic heterocycles. The molecule has 3 aromatic heterocycles. The number of nitrogens with zero attached hydrogens (tertiary/aromatic N) is 5. The van der Waals surface area contributed by atoms with E-state index in [-0.39, 0.29) is 18.4 Å². The molecular formula is C26H22N6O5. The van der Waals surface area contributed by atoms with Crippen molar-refractivity contribution in [2.75, 3.05) is 30.1 Å². The normalized spacial score (nSPS) is 15.0. The van der Waals surface area contributed by atoms with Gasteiger partial charge in [0, 0.05) is 24.3 Å². The van der Waals surface area contributed by atoms with Crippen LogP contribution >= 0.6 is 0 Å². The molecule has 7 rings (SSSR count). The molecule has 11 nitrogen and oxygen atoms in total. The maximum atomic E-state index is 13.7. The van der Waals surface area contributed by atoms with Crippen LogP contribution in [0.3, 0.4) is 0 Å². The minimum absolute atomic E-state index is 0.161. The lowest BCUT2D eigenvalue weighted by atomic mass is 10.0. The molecule has 0 atom stereocenters. The van der Waals surface area contributed by atoms with Crippen LogP contribution < -0.4 is 19.7 Å². The quantitative estimate of drug-likeness (QED) is 0.372. The summed E-state index contributed by atoms with van der Waals surface area (Å²) in [5.74, 6) is 0.909. The van der Waals surface area contributed by atoms with Crippen molar-refractivity contribution in [1.29, 1.82) is 0 Å². The Kier molecular flexibility index (Phi) is 4.95. The third-order valence-electron chi connectivity index (χ3n) is 6.80. The first-order valence-corrected chi connectivity index (χ1v) is 12.1. The van der Waals surface area contributed by atoms with Crippen LogP contribution in [0.1, 0.15) is 35.3 Å². The molecule has 5 heterocycles. The van der Waals surface area contributed by atoms with Gasteiger partial charge in [-0.25, -0.2) is 9.61 Å². The Bertz CT molecular complexity index is 1670. The first-order chi connectivity index (χ1) is 18.2. The SMILES string of the molecule is Cc1cc(C(=O)Nc2ccc(N3CCCCC3)c3nonc23)c2c(-c3ccc4c(c3)OCO4)noc2n1. The van der Waals surface area contributed by atoms with Crippen molar-refractivity contribution in [2.24, 2.45) is 0 Å². The highest BCUT2D eigenvalue weighted by atomic mass is 16.7. The summed E-state index contributed by atoms with van der Waals surface area (Å²) in [6.07, 6.45) is 3.49. The number of hydrogen-bond donors (Lipinski definition) is 1. The molecule has 5 aromatic rings. The Labute approximate surface area is 210 Å². The molecule has 11 heteroatoms. The summed E-state index contributed by atoms with van der Waals surface area (Å²) in [5.41, 5.74) is 5.07. The maximum absolute atomic E-state index is 13.7. The third-order valence-corrected chi connectivity index (χ3v) is 6.80. The van der Waals surface area contributed by atoms with Crippen molar-refractivity contribution in [1.82, 2.24) is 20.5 Å². The van der Waals surface area contributed by atoms with Gasteiger partial charge < -0.3 is 24.2 Å². The number of fused-ring (bicyclic) bond motifs is 3. The topological polar surface area (TPSA) is 129 Å². The fourth-order valence-corrected chi connectivity index (χ4v) is 5.03. The van der Waals surface area contributed by atoms with E-state index in [2.05, 4.69) is 30.7 Å². The second-order valence-electron chi connectivity index (χ2n) is 9.19. The van der Waals surface area contributed by atoms with Gasteiger partial charge in [-0.05, 0) is 72.9 Å². The predicted octanol–water partition coefficient (Wildman–Crippen LogP) is 4.71. The van der Waals surface area contributed by atoms with Crippen molar-refractivity contribution >= 4 is 39.4 Å². The van der Waals surface area contributed by atoms with E-state index in [1.807, 2.05) is 24.3 Å². The molecule has 0 spiro atoms. The van der Waals surface area contributed by atoms with Gasteiger partial charge in [-0.2, -0.15) is 0 Å². The summed E-state index contributed by atoms with van der Waals surface area (Å²) < 4.78 is 21.5. The van der Waals surface area contributed by atoms with E-state index < -0.39 is 0 Å². The number of ether oxygens (including phenoxy) is 2. The fourth-order valence-electron chi connectivity index (χ4n) is 5.03. The highest BCUT2D eigenvalue weighted by molar-refractivity contribution is 6.16. The lowest BCUT2D eigenvalue weighted by Gasteiger charge is -2.28. The number of rotatable bonds is 4. The second-order valence-corrected chi connectivity index (χ2v) is 9.19. The standard InChI is InChI=1S/C26H22N6O5/c1-14-11-16(21-22(29-36-26(21)27-14)15-5-8-19-20(12-15)35-13-34-19)25(33)28-17-6-7-18(24-23(17)30-37-31-24)32-9-3-2-4-10-32/h5-8,11-12H,2-4,9-10,13H2,1H3,(H,28,33). The van der Waals surface area contributed by atoms with Gasteiger partial charge >= 0.3 is 0 Å². The van der Waals surface area contributed by atoms with Gasteiger partial charge in [-0.1, -0.05) is 5.16 Å². The average Bonchev–Trinajstić information content (AvgIpc) is 3.68. The van der Waals surface area contributed by atoms with Crippen molar-refractivity contribution in [3.05, 3.63) is 47.7 Å². The van der Waals surface area contributed by atoms with Gasteiger partial charge in [-0.3, -0.25) is 4.79 Å². The Balaban J connectivity index is 1.28. The Hall–Kier alpha value is -4.67. The zero-order valence-corrected chi connectivity index (χ0v) is 20.0. The van der Waals surface area contributed by atoms with E-state index in [1.54, 1.807) is 19.1 Å². The van der Waals surface area contributed by atoms with E-state index in [1.165, 1.54) is 6.42 Å². The summed E-state index contributed by atoms with van der Waals surface area (Å²) in [6.45, 7) is 3.87. The Morgan fingerprint density at radius 3 is 2.68 bits per heavy atom. The first-order valence-electron chi connectivity index (χ1n) is 12.1. The van der Waals surface area contributed by atoms with Gasteiger partial charge in [0.2, 0.25) is 6.79 Å². The van der Waals surface area contributed by atoms with Gasteiger partial charge in [0.25, 0.3) is 11.6 Å². The van der Waals surface area contributed by atoms with Crippen molar-refractivity contribution in [2.45, 2.75) is 26.2 Å². The number of hydrogen-bond acceptors (Lipinski definition) is 10. The van der Waals surface area contributed by atoms with Gasteiger partial charge in [-0.15, -0.1) is 0 Å². The Morgan fingerprint density at radius 2 is 1.78 bits per heavy atom. The Morgan fingerprint density at radius 1 is 0.946 bits per heavy atom. The molecule has 0 bridgehead atoms. The number of aromatic nitrogens is 4. The first kappa shape index (κ1) is 21.6. The van der Waals surface area contributed by atoms with Crippen molar-refractivity contribution < 1.29 is 23.4 Å². The predicted molar refractivity (Wildman–Crippen MR) is 134 cm³/mol. The molecule has 0 aliphatic carbocycles. The minimum atomic E-state index is -0.351. The summed E-state index contributed by atoms with van der Waals surface area (Å²) in [5, 5.41) is 15.9. The van der Waals surface area contributed by atoms with Crippen molar-refractivity contribution in [3.8, 4) is 22.8 Å². The number of amides is 1. The number of carbonyl (C=O) groups is 1. The fraction of sp³-hybridized carbons (Fsp3) is 0.269. The zero-order valence-electron chi connectivity index (χ0n) is 20.0. The number of anilines is 2. The smallest absolute Gasteiger partial charge is 0.259 e. The maximum Gasteiger partial charge on any atom is 0.259 e. The summed E-state index contributed by atoms with van der Waals surface area (Å²) in [7, 11) is 0. The van der Waals surface area contributed by atoms with Gasteiger partial charge in [0.15, 0.2) is 22.5 Å². The molecule has 0 saturated carbocycles. The molecule has 2 aliphatic rings. The monoisotopic (exact) mass is 498 g/mol. The second kappa shape index (κ2) is 8.47. The van der Waals surface area contributed by atoms with Crippen LogP contribution in [-0.2, 0) is 0 Å². The molecule has 37 heavy (non-hydrogen) atoms. The minimum Gasteiger partial charge on any atom is -0.454 e. The van der Waals surface area contributed by atoms with Crippen LogP contribution in [-0.4, -0.2) is 46.2 Å². The highest BCUT2D eigenvalue weighted by Crippen LogP contribution is 2.39. The van der Waals surface area contributed by atoms with E-state index in [0.717, 1.165) is 37.2 Å². The number of aryl methyl sites for hydroxylation is 1. The third kappa shape index (κ3) is 3.62. The lowest BCUT2D eigenvalue weighted by Crippen LogP contribution is -2.29. The molecule has 1 amide bonds. The molecule has 1 saturated heterocycles. The van der Waals surface area contributed by atoms with Gasteiger partial charge in [0.05, 0.1) is 22.3 Å². The van der Waals surface area contributed by atoms with Crippen LogP contribution in [0.25, 0.3) is 33.4 Å². The number of piperidine rings is 1. The largest absolute Gasteiger partial charge is 0.454 e. The number of nitrogens with one attached hydrogen (secondary N) is 1. The van der Waals surface area contributed by atoms with Gasteiger partial charge in [0.1, 0.15) is 5.69 Å². The summed E-state index contributed by atoms with van der Waals surface area (Å²) in [4.78, 5) is 20.4. The molecular weight excluding hydrogens is 476 g/mol. The van der Waals surface area contributed by atoms with Crippen LogP contribution in [0.5, 0.6) is 11.5 Å². The van der Waals surface area contributed by atoms with E-state index in [4.69, 9.17) is 18.6 Å². The van der Waals surface area contributed by atoms with Crippen LogP contribution in [0.15, 0.2) is 45.6 Å². The molecule has 0 radical (unpaired) electrons. The van der Waals surface area contributed by atoms with E-state index >= 15 is 0 Å². The van der Waals surface area contributed by atoms with E-state index in [0.29, 0.717) is 50.6 Å². The van der Waals surface area contributed by atoms with Crippen molar-refractivity contribution in [3.63, 3.8) is 0 Å².